The van der Waals surface area contributed by atoms with Gasteiger partial charge in [0.05, 0.1) is 18.5 Å². The molecule has 1 rings (SSSR count). The first kappa shape index (κ1) is 14.9. The number of hydrogen-bond acceptors (Lipinski definition) is 4. The highest BCUT2D eigenvalue weighted by molar-refractivity contribution is 7.89. The topological polar surface area (TPSA) is 75.6 Å². The Hall–Kier alpha value is -0.170. The van der Waals surface area contributed by atoms with Gasteiger partial charge in [-0.3, -0.25) is 0 Å². The van der Waals surface area contributed by atoms with E-state index >= 15 is 0 Å². The van der Waals surface area contributed by atoms with Gasteiger partial charge >= 0.3 is 0 Å². The lowest BCUT2D eigenvalue weighted by Gasteiger charge is -2.19. The fraction of sp³-hybridized carbons (Fsp3) is 1.00. The zero-order valence-corrected chi connectivity index (χ0v) is 11.4. The molecule has 1 fully saturated rings. The Labute approximate surface area is 104 Å². The van der Waals surface area contributed by atoms with E-state index in [1.807, 2.05) is 13.8 Å². The molecule has 1 aliphatic heterocycles. The Kier molecular flexibility index (Phi) is 5.85. The summed E-state index contributed by atoms with van der Waals surface area (Å²) < 4.78 is 31.5. The zero-order valence-electron chi connectivity index (χ0n) is 10.6. The van der Waals surface area contributed by atoms with Crippen molar-refractivity contribution in [1.82, 2.24) is 4.72 Å². The predicted octanol–water partition coefficient (Wildman–Crippen LogP) is 0.492. The second-order valence-electron chi connectivity index (χ2n) is 5.04. The van der Waals surface area contributed by atoms with E-state index in [0.29, 0.717) is 18.9 Å². The number of aliphatic hydroxyl groups is 1. The molecule has 0 spiro atoms. The molecule has 2 N–H and O–H groups in total. The second kappa shape index (κ2) is 6.68. The molecule has 0 aliphatic carbocycles. The fourth-order valence-corrected chi connectivity index (χ4v) is 3.58. The third-order valence-electron chi connectivity index (χ3n) is 2.75. The number of ether oxygens (including phenoxy) is 1. The highest BCUT2D eigenvalue weighted by Crippen LogP contribution is 2.14. The molecule has 1 heterocycles. The minimum atomic E-state index is -3.36. The van der Waals surface area contributed by atoms with E-state index in [-0.39, 0.29) is 24.5 Å². The Morgan fingerprint density at radius 1 is 1.47 bits per heavy atom. The molecule has 5 nitrogen and oxygen atoms in total. The quantitative estimate of drug-likeness (QED) is 0.702. The van der Waals surface area contributed by atoms with Crippen LogP contribution in [0, 0.1) is 5.92 Å². The van der Waals surface area contributed by atoms with Crippen LogP contribution in [0.3, 0.4) is 0 Å². The van der Waals surface area contributed by atoms with Crippen molar-refractivity contribution in [3.05, 3.63) is 0 Å². The van der Waals surface area contributed by atoms with Gasteiger partial charge in [-0.05, 0) is 25.2 Å². The van der Waals surface area contributed by atoms with Crippen LogP contribution in [0.25, 0.3) is 0 Å². The van der Waals surface area contributed by atoms with Crippen molar-refractivity contribution < 1.29 is 18.3 Å². The zero-order chi connectivity index (χ0) is 12.9. The summed E-state index contributed by atoms with van der Waals surface area (Å²) in [5, 5.41) is 9.14. The van der Waals surface area contributed by atoms with E-state index in [1.165, 1.54) is 0 Å². The van der Waals surface area contributed by atoms with Gasteiger partial charge in [0, 0.05) is 12.6 Å². The summed E-state index contributed by atoms with van der Waals surface area (Å²) >= 11 is 0. The minimum Gasteiger partial charge on any atom is -0.395 e. The molecule has 1 saturated heterocycles. The monoisotopic (exact) mass is 265 g/mol. The number of rotatable bonds is 7. The molecule has 2 atom stereocenters. The van der Waals surface area contributed by atoms with Crippen molar-refractivity contribution in [2.75, 3.05) is 19.0 Å². The summed E-state index contributed by atoms with van der Waals surface area (Å²) in [6.45, 7) is 4.48. The highest BCUT2D eigenvalue weighted by Gasteiger charge is 2.25. The van der Waals surface area contributed by atoms with Crippen molar-refractivity contribution in [2.45, 2.75) is 45.3 Å². The van der Waals surface area contributed by atoms with Crippen LogP contribution in [0.4, 0.5) is 0 Å². The van der Waals surface area contributed by atoms with Crippen LogP contribution in [0.1, 0.15) is 33.1 Å². The van der Waals surface area contributed by atoms with Gasteiger partial charge in [0.2, 0.25) is 10.0 Å². The summed E-state index contributed by atoms with van der Waals surface area (Å²) in [4.78, 5) is 0. The maximum absolute atomic E-state index is 11.8. The van der Waals surface area contributed by atoms with E-state index in [0.717, 1.165) is 12.8 Å². The smallest absolute Gasteiger partial charge is 0.214 e. The van der Waals surface area contributed by atoms with Crippen LogP contribution in [0.2, 0.25) is 0 Å². The van der Waals surface area contributed by atoms with Crippen molar-refractivity contribution in [2.24, 2.45) is 5.92 Å². The van der Waals surface area contributed by atoms with Crippen LogP contribution in [0.5, 0.6) is 0 Å². The standard InChI is InChI=1S/C11H23NO4S/c1-9(2)6-10(7-13)12-17(14,15)8-11-4-3-5-16-11/h9-13H,3-8H2,1-2H3. The van der Waals surface area contributed by atoms with Crippen molar-refractivity contribution in [3.63, 3.8) is 0 Å². The largest absolute Gasteiger partial charge is 0.395 e. The predicted molar refractivity (Wildman–Crippen MR) is 66.2 cm³/mol. The van der Waals surface area contributed by atoms with Gasteiger partial charge in [0.1, 0.15) is 0 Å². The molecule has 0 radical (unpaired) electrons. The first-order chi connectivity index (χ1) is 7.93. The fourth-order valence-electron chi connectivity index (χ4n) is 2.05. The summed E-state index contributed by atoms with van der Waals surface area (Å²) in [7, 11) is -3.36. The van der Waals surface area contributed by atoms with Crippen LogP contribution in [0.15, 0.2) is 0 Å². The third kappa shape index (κ3) is 5.81. The molecular weight excluding hydrogens is 242 g/mol. The molecular formula is C11H23NO4S. The van der Waals surface area contributed by atoms with Crippen molar-refractivity contribution >= 4 is 10.0 Å². The Morgan fingerprint density at radius 3 is 2.65 bits per heavy atom. The molecule has 0 saturated carbocycles. The van der Waals surface area contributed by atoms with Crippen molar-refractivity contribution in [3.8, 4) is 0 Å². The van der Waals surface area contributed by atoms with Crippen LogP contribution in [-0.4, -0.2) is 44.6 Å². The lowest BCUT2D eigenvalue weighted by Crippen LogP contribution is -2.41. The van der Waals surface area contributed by atoms with E-state index < -0.39 is 10.0 Å². The molecule has 17 heavy (non-hydrogen) atoms. The summed E-state index contributed by atoms with van der Waals surface area (Å²) in [6.07, 6.45) is 2.18. The Balaban J connectivity index is 2.45. The summed E-state index contributed by atoms with van der Waals surface area (Å²) in [5.41, 5.74) is 0. The number of sulfonamides is 1. The summed E-state index contributed by atoms with van der Waals surface area (Å²) in [6, 6.07) is -0.388. The van der Waals surface area contributed by atoms with Gasteiger partial charge in [-0.1, -0.05) is 13.8 Å². The van der Waals surface area contributed by atoms with Crippen LogP contribution < -0.4 is 4.72 Å². The maximum atomic E-state index is 11.8. The van der Waals surface area contributed by atoms with E-state index in [1.54, 1.807) is 0 Å². The number of hydrogen-bond donors (Lipinski definition) is 2. The van der Waals surface area contributed by atoms with E-state index in [2.05, 4.69) is 4.72 Å². The SMILES string of the molecule is CC(C)CC(CO)NS(=O)(=O)CC1CCCO1. The Bertz CT molecular complexity index is 309. The lowest BCUT2D eigenvalue weighted by atomic mass is 10.1. The average molecular weight is 265 g/mol. The van der Waals surface area contributed by atoms with Gasteiger partial charge in [-0.2, -0.15) is 0 Å². The van der Waals surface area contributed by atoms with Crippen LogP contribution >= 0.6 is 0 Å². The van der Waals surface area contributed by atoms with Gasteiger partial charge < -0.3 is 9.84 Å². The normalized spacial score (nSPS) is 23.2. The number of nitrogens with one attached hydrogen (secondary N) is 1. The van der Waals surface area contributed by atoms with E-state index in [9.17, 15) is 8.42 Å². The average Bonchev–Trinajstić information content (AvgIpc) is 2.67. The van der Waals surface area contributed by atoms with Gasteiger partial charge in [0.15, 0.2) is 0 Å². The molecule has 0 aromatic rings. The second-order valence-corrected chi connectivity index (χ2v) is 6.84. The molecule has 1 aliphatic rings. The summed E-state index contributed by atoms with van der Waals surface area (Å²) in [5.74, 6) is 0.347. The van der Waals surface area contributed by atoms with E-state index in [4.69, 9.17) is 9.84 Å². The molecule has 102 valence electrons. The highest BCUT2D eigenvalue weighted by atomic mass is 32.2. The molecule has 0 aromatic heterocycles. The molecule has 0 amide bonds. The third-order valence-corrected chi connectivity index (χ3v) is 4.25. The lowest BCUT2D eigenvalue weighted by molar-refractivity contribution is 0.127. The first-order valence-corrected chi connectivity index (χ1v) is 7.80. The molecule has 0 aromatic carbocycles. The van der Waals surface area contributed by atoms with Crippen molar-refractivity contribution in [1.29, 1.82) is 0 Å². The molecule has 6 heteroatoms. The minimum absolute atomic E-state index is 0.00158. The maximum Gasteiger partial charge on any atom is 0.214 e. The Morgan fingerprint density at radius 2 is 2.18 bits per heavy atom. The number of aliphatic hydroxyl groups excluding tert-OH is 1. The molecule has 2 unspecified atom stereocenters. The van der Waals surface area contributed by atoms with Gasteiger partial charge in [-0.15, -0.1) is 0 Å². The molecule has 0 bridgehead atoms. The van der Waals surface area contributed by atoms with Crippen LogP contribution in [-0.2, 0) is 14.8 Å². The van der Waals surface area contributed by atoms with Gasteiger partial charge in [-0.25, -0.2) is 13.1 Å². The van der Waals surface area contributed by atoms with Gasteiger partial charge in [0.25, 0.3) is 0 Å². The first-order valence-electron chi connectivity index (χ1n) is 6.15.